The molecule has 0 aliphatic heterocycles. The first-order valence-electron chi connectivity index (χ1n) is 5.64. The fourth-order valence-corrected chi connectivity index (χ4v) is 2.09. The van der Waals surface area contributed by atoms with Gasteiger partial charge in [0.15, 0.2) is 10.9 Å². The number of rotatable bonds is 7. The number of pyridine rings is 1. The van der Waals surface area contributed by atoms with Gasteiger partial charge in [0.05, 0.1) is 12.4 Å². The van der Waals surface area contributed by atoms with E-state index in [9.17, 15) is 4.79 Å². The van der Waals surface area contributed by atoms with Crippen molar-refractivity contribution in [2.24, 2.45) is 0 Å². The number of hydrogen-bond donors (Lipinski definition) is 2. The summed E-state index contributed by atoms with van der Waals surface area (Å²) in [5.41, 5.74) is 0.535. The van der Waals surface area contributed by atoms with Gasteiger partial charge < -0.3 is 14.9 Å². The summed E-state index contributed by atoms with van der Waals surface area (Å²) in [5, 5.41) is 25.8. The van der Waals surface area contributed by atoms with E-state index in [4.69, 9.17) is 14.9 Å². The summed E-state index contributed by atoms with van der Waals surface area (Å²) >= 11 is 1.10. The minimum Gasteiger partial charge on any atom is -0.490 e. The molecule has 102 valence electrons. The van der Waals surface area contributed by atoms with Crippen LogP contribution in [0.3, 0.4) is 0 Å². The van der Waals surface area contributed by atoms with Crippen LogP contribution in [-0.2, 0) is 4.79 Å². The molecular weight excluding hydrogens is 270 g/mol. The highest BCUT2D eigenvalue weighted by atomic mass is 32.2. The van der Waals surface area contributed by atoms with Gasteiger partial charge in [0.25, 0.3) is 0 Å². The van der Waals surface area contributed by atoms with Crippen LogP contribution in [0.25, 0.3) is 5.65 Å². The fourth-order valence-electron chi connectivity index (χ4n) is 1.45. The van der Waals surface area contributed by atoms with E-state index in [-0.39, 0.29) is 12.4 Å². The van der Waals surface area contributed by atoms with Gasteiger partial charge in [0, 0.05) is 19.2 Å². The highest BCUT2D eigenvalue weighted by Gasteiger charge is 2.11. The van der Waals surface area contributed by atoms with Crippen LogP contribution >= 0.6 is 11.8 Å². The van der Waals surface area contributed by atoms with Crippen LogP contribution in [-0.4, -0.2) is 49.7 Å². The lowest BCUT2D eigenvalue weighted by Gasteiger charge is -2.05. The third-order valence-electron chi connectivity index (χ3n) is 2.25. The second-order valence-corrected chi connectivity index (χ2v) is 4.60. The standard InChI is InChI=1S/C11H13N3O4S/c15-5-2-6-18-8-3-1-4-14-10(8)12-13-11(14)19-7-9(16)17/h1,3-4,15H,2,5-7H2,(H,16,17). The van der Waals surface area contributed by atoms with Crippen molar-refractivity contribution in [3.8, 4) is 5.75 Å². The molecule has 7 nitrogen and oxygen atoms in total. The second-order valence-electron chi connectivity index (χ2n) is 3.66. The third-order valence-corrected chi connectivity index (χ3v) is 3.18. The molecule has 0 spiro atoms. The van der Waals surface area contributed by atoms with E-state index in [1.807, 2.05) is 0 Å². The highest BCUT2D eigenvalue weighted by molar-refractivity contribution is 7.99. The lowest BCUT2D eigenvalue weighted by molar-refractivity contribution is -0.133. The van der Waals surface area contributed by atoms with Gasteiger partial charge in [-0.15, -0.1) is 10.2 Å². The molecule has 2 N–H and O–H groups in total. The number of aliphatic hydroxyl groups is 1. The van der Waals surface area contributed by atoms with Gasteiger partial charge in [-0.25, -0.2) is 0 Å². The van der Waals surface area contributed by atoms with Crippen LogP contribution in [0, 0.1) is 0 Å². The fraction of sp³-hybridized carbons (Fsp3) is 0.364. The number of ether oxygens (including phenoxy) is 1. The van der Waals surface area contributed by atoms with Crippen LogP contribution in [0.4, 0.5) is 0 Å². The van der Waals surface area contributed by atoms with Crippen LogP contribution in [0.5, 0.6) is 5.75 Å². The van der Waals surface area contributed by atoms with Gasteiger partial charge in [-0.1, -0.05) is 11.8 Å². The maximum absolute atomic E-state index is 10.5. The third kappa shape index (κ3) is 3.36. The molecular formula is C11H13N3O4S. The van der Waals surface area contributed by atoms with E-state index in [0.29, 0.717) is 29.6 Å². The Balaban J connectivity index is 2.19. The quantitative estimate of drug-likeness (QED) is 0.569. The monoisotopic (exact) mass is 283 g/mol. The number of fused-ring (bicyclic) bond motifs is 1. The summed E-state index contributed by atoms with van der Waals surface area (Å²) in [6.45, 7) is 0.455. The first kappa shape index (κ1) is 13.6. The SMILES string of the molecule is O=C(O)CSc1nnc2c(OCCCO)cccn12. The molecule has 0 saturated carbocycles. The molecule has 0 bridgehead atoms. The average molecular weight is 283 g/mol. The molecule has 0 radical (unpaired) electrons. The summed E-state index contributed by atoms with van der Waals surface area (Å²) in [7, 11) is 0. The summed E-state index contributed by atoms with van der Waals surface area (Å²) < 4.78 is 7.17. The van der Waals surface area contributed by atoms with E-state index < -0.39 is 5.97 Å². The van der Waals surface area contributed by atoms with Crippen molar-refractivity contribution in [2.75, 3.05) is 19.0 Å². The Hall–Kier alpha value is -1.80. The molecule has 0 fully saturated rings. The first-order valence-corrected chi connectivity index (χ1v) is 6.63. The zero-order valence-electron chi connectivity index (χ0n) is 10.0. The lowest BCUT2D eigenvalue weighted by atomic mass is 10.4. The van der Waals surface area contributed by atoms with Gasteiger partial charge in [-0.3, -0.25) is 9.20 Å². The molecule has 2 aromatic heterocycles. The molecule has 2 aromatic rings. The Morgan fingerprint density at radius 1 is 1.47 bits per heavy atom. The van der Waals surface area contributed by atoms with E-state index in [2.05, 4.69) is 10.2 Å². The number of carboxylic acids is 1. The lowest BCUT2D eigenvalue weighted by Crippen LogP contribution is -2.02. The largest absolute Gasteiger partial charge is 0.490 e. The number of aliphatic hydroxyl groups excluding tert-OH is 1. The minimum atomic E-state index is -0.905. The normalized spacial score (nSPS) is 10.8. The summed E-state index contributed by atoms with van der Waals surface area (Å²) in [6.07, 6.45) is 2.29. The minimum absolute atomic E-state index is 0.0650. The molecule has 0 atom stereocenters. The Bertz CT molecular complexity index is 572. The van der Waals surface area contributed by atoms with Gasteiger partial charge in [-0.2, -0.15) is 0 Å². The maximum Gasteiger partial charge on any atom is 0.313 e. The number of aliphatic carboxylic acids is 1. The zero-order valence-corrected chi connectivity index (χ0v) is 10.8. The predicted molar refractivity (Wildman–Crippen MR) is 68.5 cm³/mol. The Labute approximate surface area is 113 Å². The molecule has 2 heterocycles. The van der Waals surface area contributed by atoms with Gasteiger partial charge in [-0.05, 0) is 12.1 Å². The Morgan fingerprint density at radius 3 is 3.05 bits per heavy atom. The number of aromatic nitrogens is 3. The van der Waals surface area contributed by atoms with Crippen LogP contribution in [0.1, 0.15) is 6.42 Å². The summed E-state index contributed by atoms with van der Waals surface area (Å²) in [6, 6.07) is 3.53. The van der Waals surface area contributed by atoms with Crippen LogP contribution < -0.4 is 4.74 Å². The molecule has 0 saturated heterocycles. The Morgan fingerprint density at radius 2 is 2.32 bits per heavy atom. The number of hydrogen-bond acceptors (Lipinski definition) is 6. The van der Waals surface area contributed by atoms with E-state index in [1.165, 1.54) is 0 Å². The molecule has 0 unspecified atom stereocenters. The highest BCUT2D eigenvalue weighted by Crippen LogP contribution is 2.23. The van der Waals surface area contributed by atoms with Gasteiger partial charge in [0.2, 0.25) is 5.65 Å². The van der Waals surface area contributed by atoms with E-state index >= 15 is 0 Å². The number of carbonyl (C=O) groups is 1. The maximum atomic E-state index is 10.5. The van der Waals surface area contributed by atoms with Crippen molar-refractivity contribution in [1.29, 1.82) is 0 Å². The Kier molecular flexibility index (Phi) is 4.58. The predicted octanol–water partition coefficient (Wildman–Crippen LogP) is 0.667. The molecule has 2 rings (SSSR count). The van der Waals surface area contributed by atoms with E-state index in [0.717, 1.165) is 11.8 Å². The molecule has 0 aliphatic rings. The smallest absolute Gasteiger partial charge is 0.313 e. The number of nitrogens with zero attached hydrogens (tertiary/aromatic N) is 3. The molecule has 8 heteroatoms. The molecule has 0 aromatic carbocycles. The molecule has 0 aliphatic carbocycles. The van der Waals surface area contributed by atoms with Crippen molar-refractivity contribution in [1.82, 2.24) is 14.6 Å². The van der Waals surface area contributed by atoms with Crippen LogP contribution in [0.2, 0.25) is 0 Å². The van der Waals surface area contributed by atoms with Crippen molar-refractivity contribution in [3.05, 3.63) is 18.3 Å². The van der Waals surface area contributed by atoms with Crippen LogP contribution in [0.15, 0.2) is 23.5 Å². The summed E-state index contributed by atoms with van der Waals surface area (Å²) in [5.74, 6) is -0.418. The summed E-state index contributed by atoms with van der Waals surface area (Å²) in [4.78, 5) is 10.5. The number of thioether (sulfide) groups is 1. The van der Waals surface area contributed by atoms with Crippen molar-refractivity contribution < 1.29 is 19.7 Å². The van der Waals surface area contributed by atoms with Gasteiger partial charge in [0.1, 0.15) is 0 Å². The van der Waals surface area contributed by atoms with Gasteiger partial charge >= 0.3 is 5.97 Å². The van der Waals surface area contributed by atoms with E-state index in [1.54, 1.807) is 22.7 Å². The van der Waals surface area contributed by atoms with Crippen molar-refractivity contribution in [3.63, 3.8) is 0 Å². The molecule has 0 amide bonds. The topological polar surface area (TPSA) is 97.0 Å². The molecule has 19 heavy (non-hydrogen) atoms. The van der Waals surface area contributed by atoms with Crippen molar-refractivity contribution >= 4 is 23.4 Å². The second kappa shape index (κ2) is 6.39. The average Bonchev–Trinajstić information content (AvgIpc) is 2.81. The van der Waals surface area contributed by atoms with Crippen molar-refractivity contribution in [2.45, 2.75) is 11.6 Å². The number of carboxylic acid groups (broad SMARTS) is 1. The first-order chi connectivity index (χ1) is 9.22. The zero-order chi connectivity index (χ0) is 13.7.